The largest absolute Gasteiger partial charge is 0.507 e. The van der Waals surface area contributed by atoms with E-state index in [4.69, 9.17) is 18.9 Å². The second kappa shape index (κ2) is 23.4. The molecule has 0 aromatic heterocycles. The normalized spacial score (nSPS) is 13.3. The number of carbonyl (C=O) groups is 4. The van der Waals surface area contributed by atoms with Crippen molar-refractivity contribution in [1.82, 2.24) is 21.3 Å². The van der Waals surface area contributed by atoms with E-state index < -0.39 is 35.2 Å². The van der Waals surface area contributed by atoms with E-state index in [1.807, 2.05) is 0 Å². The van der Waals surface area contributed by atoms with Crippen molar-refractivity contribution in [3.05, 3.63) is 115 Å². The van der Waals surface area contributed by atoms with Crippen molar-refractivity contribution in [2.45, 2.75) is 183 Å². The first kappa shape index (κ1) is 60.4. The molecule has 416 valence electrons. The van der Waals surface area contributed by atoms with Gasteiger partial charge < -0.3 is 50.4 Å². The van der Waals surface area contributed by atoms with Crippen molar-refractivity contribution >= 4 is 24.0 Å². The van der Waals surface area contributed by atoms with Crippen LogP contribution in [0.5, 0.6) is 23.0 Å². The topological polar surface area (TPSA) is 194 Å². The van der Waals surface area contributed by atoms with Crippen LogP contribution in [0.1, 0.15) is 191 Å². The molecule has 0 unspecified atom stereocenters. The van der Waals surface area contributed by atoms with E-state index in [2.05, 4.69) is 153 Å². The van der Waals surface area contributed by atoms with Crippen molar-refractivity contribution in [3.63, 3.8) is 0 Å². The minimum Gasteiger partial charge on any atom is -0.507 e. The molecule has 1 aliphatic rings. The second-order valence-corrected chi connectivity index (χ2v) is 26.3. The smallest absolute Gasteiger partial charge is 0.408 e. The Bertz CT molecular complexity index is 2490. The molecule has 0 saturated heterocycles. The summed E-state index contributed by atoms with van der Waals surface area (Å²) >= 11 is 0. The van der Waals surface area contributed by atoms with Gasteiger partial charge in [-0.3, -0.25) is 9.59 Å². The van der Waals surface area contributed by atoms with Crippen LogP contribution in [0, 0.1) is 0 Å². The van der Waals surface area contributed by atoms with Gasteiger partial charge in [-0.25, -0.2) is 9.59 Å². The molecule has 4 amide bonds. The van der Waals surface area contributed by atoms with E-state index in [1.165, 1.54) is 0 Å². The Balaban J connectivity index is 1.69. The number of phenols is 2. The fourth-order valence-electron chi connectivity index (χ4n) is 8.76. The Kier molecular flexibility index (Phi) is 18.6. The highest BCUT2D eigenvalue weighted by Gasteiger charge is 2.29. The molecule has 0 spiro atoms. The number of phenolic OH excluding ortho intramolecular Hbond substituents is 2. The third-order valence-corrected chi connectivity index (χ3v) is 12.9. The molecule has 6 N–H and O–H groups in total. The highest BCUT2D eigenvalue weighted by Crippen LogP contribution is 2.44. The van der Waals surface area contributed by atoms with E-state index in [0.717, 1.165) is 44.5 Å². The number of rotatable bonds is 12. The monoisotopic (exact) mass is 1050 g/mol. The van der Waals surface area contributed by atoms with Crippen LogP contribution in [0.2, 0.25) is 0 Å². The van der Waals surface area contributed by atoms with Gasteiger partial charge in [0.1, 0.15) is 47.4 Å². The van der Waals surface area contributed by atoms with Gasteiger partial charge in [-0.15, -0.1) is 0 Å². The molecule has 0 saturated carbocycles. The number of aromatic hydroxyl groups is 2. The van der Waals surface area contributed by atoms with Gasteiger partial charge in [0.25, 0.3) is 0 Å². The molecule has 76 heavy (non-hydrogen) atoms. The van der Waals surface area contributed by atoms with E-state index in [9.17, 15) is 29.4 Å². The standard InChI is InChI=1S/C62H88N4O10/c1-57(2,3)45-27-37-23-41-31-47(59(7,8)9)33-43(53(41)73-21-19-63-49(67)35-65-55(71)75-61(13,14)15)25-39-29-46(58(4,5)6)30-40(52(39)70)26-44-34-48(60(10,11)12)32-42(24-38(28-45)51(37)69)54(44)74-22-20-64-50(68)36-66-56(72)76-62(16,17)18/h27-34,69-70H,19-26,35-36H2,1-18H3,(H,63,67)(H,64,68)(H,65,71)(H,66,72). The van der Waals surface area contributed by atoms with Gasteiger partial charge in [0, 0.05) is 25.7 Å². The fraction of sp³-hybridized carbons (Fsp3) is 0.548. The molecule has 1 aliphatic carbocycles. The quantitative estimate of drug-likeness (QED) is 0.0655. The summed E-state index contributed by atoms with van der Waals surface area (Å²) in [6.07, 6.45) is -0.216. The van der Waals surface area contributed by atoms with E-state index in [0.29, 0.717) is 59.4 Å². The lowest BCUT2D eigenvalue weighted by Crippen LogP contribution is -2.40. The van der Waals surface area contributed by atoms with Crippen LogP contribution in [-0.2, 0) is 66.4 Å². The first-order chi connectivity index (χ1) is 34.9. The molecule has 8 bridgehead atoms. The Hall–Kier alpha value is -6.44. The molecule has 0 heterocycles. The number of benzene rings is 4. The Morgan fingerprint density at radius 2 is 0.632 bits per heavy atom. The minimum absolute atomic E-state index is 0.0890. The zero-order valence-electron chi connectivity index (χ0n) is 48.9. The van der Waals surface area contributed by atoms with Gasteiger partial charge in [0.2, 0.25) is 11.8 Å². The van der Waals surface area contributed by atoms with Crippen LogP contribution in [0.25, 0.3) is 0 Å². The molecule has 4 aromatic carbocycles. The zero-order chi connectivity index (χ0) is 56.9. The number of carbonyl (C=O) groups excluding carboxylic acids is 4. The van der Waals surface area contributed by atoms with Crippen LogP contribution >= 0.6 is 0 Å². The minimum atomic E-state index is -0.712. The summed E-state index contributed by atoms with van der Waals surface area (Å²) in [5, 5.41) is 36.0. The summed E-state index contributed by atoms with van der Waals surface area (Å²) in [6, 6.07) is 16.9. The first-order valence-corrected chi connectivity index (χ1v) is 26.6. The average Bonchev–Trinajstić information content (AvgIpc) is 3.25. The van der Waals surface area contributed by atoms with Crippen molar-refractivity contribution in [3.8, 4) is 23.0 Å². The average molecular weight is 1050 g/mol. The van der Waals surface area contributed by atoms with Crippen LogP contribution in [0.4, 0.5) is 9.59 Å². The van der Waals surface area contributed by atoms with E-state index in [-0.39, 0.29) is 72.6 Å². The van der Waals surface area contributed by atoms with Crippen LogP contribution in [0.3, 0.4) is 0 Å². The molecule has 0 fully saturated rings. The molecule has 4 aromatic rings. The first-order valence-electron chi connectivity index (χ1n) is 26.6. The fourth-order valence-corrected chi connectivity index (χ4v) is 8.76. The molecule has 0 radical (unpaired) electrons. The number of hydrogen-bond acceptors (Lipinski definition) is 10. The van der Waals surface area contributed by atoms with E-state index >= 15 is 0 Å². The van der Waals surface area contributed by atoms with Gasteiger partial charge in [0.05, 0.1) is 26.2 Å². The number of amides is 4. The molecular weight excluding hydrogens is 961 g/mol. The van der Waals surface area contributed by atoms with Crippen LogP contribution in [0.15, 0.2) is 48.5 Å². The maximum absolute atomic E-state index is 12.9. The predicted molar refractivity (Wildman–Crippen MR) is 301 cm³/mol. The van der Waals surface area contributed by atoms with Gasteiger partial charge >= 0.3 is 12.2 Å². The Labute approximate surface area is 452 Å². The summed E-state index contributed by atoms with van der Waals surface area (Å²) < 4.78 is 24.2. The summed E-state index contributed by atoms with van der Waals surface area (Å²) in [6.45, 7) is 36.3. The highest BCUT2D eigenvalue weighted by atomic mass is 16.6. The lowest BCUT2D eigenvalue weighted by molar-refractivity contribution is -0.121. The lowest BCUT2D eigenvalue weighted by Gasteiger charge is -2.28. The number of ether oxygens (including phenoxy) is 4. The summed E-state index contributed by atoms with van der Waals surface area (Å²) in [7, 11) is 0. The Morgan fingerprint density at radius 3 is 0.855 bits per heavy atom. The zero-order valence-corrected chi connectivity index (χ0v) is 48.9. The predicted octanol–water partition coefficient (Wildman–Crippen LogP) is 11.0. The van der Waals surface area contributed by atoms with Crippen LogP contribution in [-0.4, -0.2) is 84.8 Å². The SMILES string of the molecule is CC(C)(C)OC(=O)NCC(=O)NCCOc1c2cc(C(C)(C)C)cc1Cc1cc(C(C)(C)C)cc(c1O)Cc1cc(C(C)(C)C)cc(c1OCCNC(=O)CNC(=O)OC(C)(C)C)Cc1cc(C(C)(C)C)cc(c1O)C2. The van der Waals surface area contributed by atoms with Crippen molar-refractivity contribution in [2.24, 2.45) is 0 Å². The molecule has 0 atom stereocenters. The molecular formula is C62H88N4O10. The molecule has 14 nitrogen and oxygen atoms in total. The number of nitrogens with one attached hydrogen (secondary N) is 4. The maximum Gasteiger partial charge on any atom is 0.408 e. The molecule has 0 aliphatic heterocycles. The van der Waals surface area contributed by atoms with Gasteiger partial charge in [-0.2, -0.15) is 0 Å². The summed E-state index contributed by atoms with van der Waals surface area (Å²) in [4.78, 5) is 50.4. The third-order valence-electron chi connectivity index (χ3n) is 12.9. The molecule has 14 heteroatoms. The molecule has 5 rings (SSSR count). The highest BCUT2D eigenvalue weighted by molar-refractivity contribution is 5.82. The number of alkyl carbamates (subject to hydrolysis) is 2. The number of fused-ring (bicyclic) bond motifs is 8. The second-order valence-electron chi connectivity index (χ2n) is 26.3. The van der Waals surface area contributed by atoms with Crippen LogP contribution < -0.4 is 30.7 Å². The van der Waals surface area contributed by atoms with Gasteiger partial charge in [0.15, 0.2) is 0 Å². The van der Waals surface area contributed by atoms with Crippen molar-refractivity contribution in [1.29, 1.82) is 0 Å². The lowest BCUT2D eigenvalue weighted by atomic mass is 9.79. The van der Waals surface area contributed by atoms with Crippen molar-refractivity contribution in [2.75, 3.05) is 39.4 Å². The van der Waals surface area contributed by atoms with Gasteiger partial charge in [-0.05, 0) is 130 Å². The maximum atomic E-state index is 12.9. The summed E-state index contributed by atoms with van der Waals surface area (Å²) in [5.41, 5.74) is 7.63. The van der Waals surface area contributed by atoms with Crippen molar-refractivity contribution < 1.29 is 48.3 Å². The Morgan fingerprint density at radius 1 is 0.395 bits per heavy atom. The number of hydrogen-bond donors (Lipinski definition) is 6. The third kappa shape index (κ3) is 17.3. The van der Waals surface area contributed by atoms with E-state index in [1.54, 1.807) is 41.5 Å². The van der Waals surface area contributed by atoms with Gasteiger partial charge in [-0.1, -0.05) is 132 Å². The summed E-state index contributed by atoms with van der Waals surface area (Å²) in [5.74, 6) is 0.667.